The Labute approximate surface area is 231 Å². The Bertz CT molecular complexity index is 827. The first kappa shape index (κ1) is 37.1. The Morgan fingerprint density at radius 3 is 1.61 bits per heavy atom. The lowest BCUT2D eigenvalue weighted by atomic mass is 9.82. The van der Waals surface area contributed by atoms with Gasteiger partial charge in [0.25, 0.3) is 0 Å². The zero-order valence-electron chi connectivity index (χ0n) is 24.3. The van der Waals surface area contributed by atoms with Crippen molar-refractivity contribution in [3.8, 4) is 0 Å². The second-order valence-corrected chi connectivity index (χ2v) is 14.9. The number of alkyl halides is 3. The SMILES string of the molecule is CCCCCCCCCCCCCC(OCc1ccccc1)(O[SiH](C)C)C(C)(C)C.O=S(=O)(O)C(F)(F)F. The van der Waals surface area contributed by atoms with E-state index in [1.54, 1.807) is 0 Å². The predicted molar refractivity (Wildman–Crippen MR) is 152 cm³/mol. The van der Waals surface area contributed by atoms with Crippen LogP contribution in [0, 0.1) is 5.41 Å². The van der Waals surface area contributed by atoms with Gasteiger partial charge in [0.15, 0.2) is 14.8 Å². The molecule has 0 amide bonds. The molecule has 1 aromatic carbocycles. The Kier molecular flexibility index (Phi) is 18.0. The van der Waals surface area contributed by atoms with Crippen LogP contribution in [0.1, 0.15) is 110 Å². The minimum absolute atomic E-state index is 0.0441. The quantitative estimate of drug-likeness (QED) is 0.0650. The van der Waals surface area contributed by atoms with Crippen molar-refractivity contribution in [2.75, 3.05) is 0 Å². The van der Waals surface area contributed by atoms with Gasteiger partial charge in [-0.1, -0.05) is 122 Å². The van der Waals surface area contributed by atoms with Crippen molar-refractivity contribution in [2.45, 2.75) is 136 Å². The van der Waals surface area contributed by atoms with Gasteiger partial charge in [-0.05, 0) is 25.1 Å². The highest BCUT2D eigenvalue weighted by atomic mass is 32.2. The van der Waals surface area contributed by atoms with Crippen LogP contribution in [0.4, 0.5) is 13.2 Å². The summed E-state index contributed by atoms with van der Waals surface area (Å²) in [6.07, 6.45) is 16.0. The molecule has 0 aliphatic rings. The van der Waals surface area contributed by atoms with E-state index in [0.29, 0.717) is 6.61 Å². The maximum atomic E-state index is 10.7. The number of ether oxygens (including phenoxy) is 1. The Morgan fingerprint density at radius 2 is 1.24 bits per heavy atom. The maximum Gasteiger partial charge on any atom is 0.522 e. The van der Waals surface area contributed by atoms with Gasteiger partial charge in [0.2, 0.25) is 0 Å². The summed E-state index contributed by atoms with van der Waals surface area (Å²) in [5.74, 6) is -0.484. The Hall–Kier alpha value is -0.943. The molecule has 0 saturated heterocycles. The van der Waals surface area contributed by atoms with Crippen LogP contribution in [-0.2, 0) is 25.9 Å². The van der Waals surface area contributed by atoms with E-state index in [2.05, 4.69) is 71.1 Å². The molecular weight excluding hydrogens is 533 g/mol. The molecule has 0 aromatic heterocycles. The van der Waals surface area contributed by atoms with Gasteiger partial charge in [-0.15, -0.1) is 0 Å². The van der Waals surface area contributed by atoms with Gasteiger partial charge < -0.3 is 9.16 Å². The van der Waals surface area contributed by atoms with Gasteiger partial charge in [0.1, 0.15) is 0 Å². The molecule has 0 radical (unpaired) electrons. The lowest BCUT2D eigenvalue weighted by Crippen LogP contribution is -2.50. The van der Waals surface area contributed by atoms with Crippen molar-refractivity contribution < 1.29 is 35.3 Å². The summed E-state index contributed by atoms with van der Waals surface area (Å²) in [5.41, 5.74) is -4.36. The normalized spacial score (nSPS) is 14.2. The lowest BCUT2D eigenvalue weighted by Gasteiger charge is -2.46. The molecule has 0 spiro atoms. The fourth-order valence-corrected chi connectivity index (χ4v) is 5.41. The molecule has 38 heavy (non-hydrogen) atoms. The van der Waals surface area contributed by atoms with E-state index < -0.39 is 30.5 Å². The molecule has 1 unspecified atom stereocenters. The molecule has 0 bridgehead atoms. The monoisotopic (exact) mass is 584 g/mol. The highest BCUT2D eigenvalue weighted by Crippen LogP contribution is 2.40. The average molecular weight is 585 g/mol. The van der Waals surface area contributed by atoms with Gasteiger partial charge in [-0.3, -0.25) is 4.55 Å². The van der Waals surface area contributed by atoms with Crippen molar-refractivity contribution >= 4 is 19.2 Å². The van der Waals surface area contributed by atoms with E-state index in [9.17, 15) is 13.2 Å². The summed E-state index contributed by atoms with van der Waals surface area (Å²) in [7, 11) is -7.07. The molecular formula is C28H51F3O5SSi. The van der Waals surface area contributed by atoms with Crippen LogP contribution in [0.25, 0.3) is 0 Å². The zero-order valence-corrected chi connectivity index (χ0v) is 26.3. The fourth-order valence-electron chi connectivity index (χ4n) is 4.11. The summed E-state index contributed by atoms with van der Waals surface area (Å²) in [6.45, 7) is 14.2. The van der Waals surface area contributed by atoms with E-state index in [0.717, 1.165) is 6.42 Å². The van der Waals surface area contributed by atoms with Crippen molar-refractivity contribution in [1.82, 2.24) is 0 Å². The van der Waals surface area contributed by atoms with E-state index in [-0.39, 0.29) is 5.41 Å². The van der Waals surface area contributed by atoms with Crippen molar-refractivity contribution in [1.29, 1.82) is 0 Å². The third-order valence-corrected chi connectivity index (χ3v) is 7.72. The number of benzene rings is 1. The number of hydrogen-bond donors (Lipinski definition) is 1. The predicted octanol–water partition coefficient (Wildman–Crippen LogP) is 9.04. The molecule has 1 atom stereocenters. The van der Waals surface area contributed by atoms with Crippen LogP contribution >= 0.6 is 0 Å². The molecule has 0 aliphatic carbocycles. The Morgan fingerprint density at radius 1 is 0.816 bits per heavy atom. The molecule has 0 aliphatic heterocycles. The largest absolute Gasteiger partial charge is 0.522 e. The first-order valence-corrected chi connectivity index (χ1v) is 18.2. The maximum absolute atomic E-state index is 10.7. The average Bonchev–Trinajstić information content (AvgIpc) is 2.79. The van der Waals surface area contributed by atoms with Crippen LogP contribution in [0.15, 0.2) is 30.3 Å². The van der Waals surface area contributed by atoms with Gasteiger partial charge in [-0.2, -0.15) is 21.6 Å². The first-order chi connectivity index (χ1) is 17.6. The summed E-state index contributed by atoms with van der Waals surface area (Å²) in [4.78, 5) is 0. The molecule has 1 N–H and O–H groups in total. The van der Waals surface area contributed by atoms with E-state index in [1.165, 1.54) is 76.2 Å². The van der Waals surface area contributed by atoms with E-state index >= 15 is 0 Å². The molecule has 1 aromatic rings. The van der Waals surface area contributed by atoms with Gasteiger partial charge in [0.05, 0.1) is 6.61 Å². The molecule has 224 valence electrons. The smallest absolute Gasteiger partial charge is 0.393 e. The van der Waals surface area contributed by atoms with Crippen molar-refractivity contribution in [3.63, 3.8) is 0 Å². The first-order valence-electron chi connectivity index (χ1n) is 13.9. The summed E-state index contributed by atoms with van der Waals surface area (Å²) < 4.78 is 70.8. The summed E-state index contributed by atoms with van der Waals surface area (Å²) in [6, 6.07) is 10.5. The summed E-state index contributed by atoms with van der Waals surface area (Å²) in [5, 5.41) is 0. The zero-order chi connectivity index (χ0) is 29.3. The molecule has 1 rings (SSSR count). The molecule has 5 nitrogen and oxygen atoms in total. The minimum Gasteiger partial charge on any atom is -0.393 e. The second kappa shape index (κ2) is 18.4. The summed E-state index contributed by atoms with van der Waals surface area (Å²) >= 11 is 0. The molecule has 0 heterocycles. The molecule has 0 saturated carbocycles. The highest BCUT2D eigenvalue weighted by molar-refractivity contribution is 7.86. The standard InChI is InChI=1S/C27H50O2Si.CHF3O3S/c1-7-8-9-10-11-12-13-14-15-16-20-23-27(26(2,3)4,29-30(5)6)28-24-25-21-18-17-19-22-25;2-1(3,4)8(5,6)7/h17-19,21-22,30H,7-16,20,23-24H2,1-6H3;(H,5,6,7). The number of hydrogen-bond acceptors (Lipinski definition) is 4. The number of unbranched alkanes of at least 4 members (excludes halogenated alkanes) is 10. The molecule has 0 fully saturated rings. The van der Waals surface area contributed by atoms with Gasteiger partial charge in [-0.25, -0.2) is 0 Å². The molecule has 10 heteroatoms. The number of rotatable bonds is 17. The highest BCUT2D eigenvalue weighted by Gasteiger charge is 2.45. The third-order valence-electron chi connectivity index (χ3n) is 6.29. The van der Waals surface area contributed by atoms with Crippen LogP contribution in [0.5, 0.6) is 0 Å². The van der Waals surface area contributed by atoms with Crippen LogP contribution < -0.4 is 0 Å². The lowest BCUT2D eigenvalue weighted by molar-refractivity contribution is -0.256. The van der Waals surface area contributed by atoms with Crippen LogP contribution in [-0.4, -0.2) is 33.3 Å². The minimum atomic E-state index is -5.84. The van der Waals surface area contributed by atoms with Gasteiger partial charge >= 0.3 is 15.6 Å². The second-order valence-electron chi connectivity index (χ2n) is 11.2. The van der Waals surface area contributed by atoms with Crippen LogP contribution in [0.2, 0.25) is 13.1 Å². The third kappa shape index (κ3) is 16.2. The Balaban J connectivity index is 0.00000147. The number of halogens is 3. The van der Waals surface area contributed by atoms with Crippen LogP contribution in [0.3, 0.4) is 0 Å². The van der Waals surface area contributed by atoms with Gasteiger partial charge in [0, 0.05) is 11.8 Å². The van der Waals surface area contributed by atoms with Crippen molar-refractivity contribution in [3.05, 3.63) is 35.9 Å². The van der Waals surface area contributed by atoms with Crippen molar-refractivity contribution in [2.24, 2.45) is 5.41 Å². The fraction of sp³-hybridized carbons (Fsp3) is 0.786. The van der Waals surface area contributed by atoms with E-state index in [1.807, 2.05) is 0 Å². The topological polar surface area (TPSA) is 72.8 Å². The van der Waals surface area contributed by atoms with E-state index in [4.69, 9.17) is 22.1 Å².